The quantitative estimate of drug-likeness (QED) is 0.418. The maximum atomic E-state index is 11.8. The first-order chi connectivity index (χ1) is 7.44. The number of allylic oxidation sites excluding steroid dienone is 1. The number of rotatable bonds is 3. The van der Waals surface area contributed by atoms with Gasteiger partial charge in [-0.2, -0.15) is 0 Å². The van der Waals surface area contributed by atoms with Crippen molar-refractivity contribution in [3.8, 4) is 0 Å². The smallest absolute Gasteiger partial charge is 0.341 e. The summed E-state index contributed by atoms with van der Waals surface area (Å²) in [4.78, 5) is 11.8. The Labute approximate surface area is 119 Å². The van der Waals surface area contributed by atoms with E-state index in [1.165, 1.54) is 0 Å². The molecule has 2 nitrogen and oxygen atoms in total. The average Bonchev–Trinajstić information content (AvgIpc) is 2.16. The molecule has 0 saturated carbocycles. The summed E-state index contributed by atoms with van der Waals surface area (Å²) < 4.78 is 4.07. The summed E-state index contributed by atoms with van der Waals surface area (Å²) in [6.45, 7) is 3.65. The van der Waals surface area contributed by atoms with Gasteiger partial charge < -0.3 is 4.74 Å². The molecule has 0 aliphatic heterocycles. The number of halogens is 3. The molecular weight excluding hydrogens is 404 g/mol. The zero-order valence-corrected chi connectivity index (χ0v) is 13.0. The molecule has 0 aromatic heterocycles. The van der Waals surface area contributed by atoms with Crippen LogP contribution in [0.4, 0.5) is 0 Å². The number of alkyl halides is 3. The topological polar surface area (TPSA) is 26.3 Å². The van der Waals surface area contributed by atoms with Gasteiger partial charge in [0.2, 0.25) is 0 Å². The Morgan fingerprint density at radius 1 is 1.38 bits per heavy atom. The second-order valence-electron chi connectivity index (χ2n) is 2.99. The van der Waals surface area contributed by atoms with Crippen molar-refractivity contribution >= 4 is 53.8 Å². The van der Waals surface area contributed by atoms with Crippen molar-refractivity contribution in [3.05, 3.63) is 48.0 Å². The van der Waals surface area contributed by atoms with Crippen LogP contribution in [0.3, 0.4) is 0 Å². The van der Waals surface area contributed by atoms with E-state index in [-0.39, 0.29) is 0 Å². The van der Waals surface area contributed by atoms with E-state index in [2.05, 4.69) is 54.4 Å². The summed E-state index contributed by atoms with van der Waals surface area (Å²) in [5.41, 5.74) is 1.42. The Morgan fingerprint density at radius 3 is 2.56 bits per heavy atom. The third-order valence-electron chi connectivity index (χ3n) is 1.81. The number of carbonyl (C=O) groups is 1. The summed E-state index contributed by atoms with van der Waals surface area (Å²) in [6, 6.07) is 7.26. The number of hydrogen-bond donors (Lipinski definition) is 0. The van der Waals surface area contributed by atoms with Crippen molar-refractivity contribution in [1.29, 1.82) is 0 Å². The van der Waals surface area contributed by atoms with Crippen LogP contribution >= 0.6 is 47.8 Å². The number of esters is 1. The molecule has 0 bridgehead atoms. The molecule has 1 aromatic rings. The highest BCUT2D eigenvalue weighted by atomic mass is 80.0. The number of carbonyl (C=O) groups excluding carboxylic acids is 1. The molecule has 0 spiro atoms. The summed E-state index contributed by atoms with van der Waals surface area (Å²) in [6.07, 6.45) is 2.38. The Hall–Kier alpha value is -0.130. The molecule has 5 heteroatoms. The van der Waals surface area contributed by atoms with Crippen LogP contribution < -0.4 is 0 Å². The molecule has 0 unspecified atom stereocenters. The van der Waals surface area contributed by atoms with Crippen LogP contribution in [-0.4, -0.2) is 8.30 Å². The van der Waals surface area contributed by atoms with Crippen LogP contribution in [0, 0.1) is 0 Å². The van der Waals surface area contributed by atoms with Crippen LogP contribution in [0.15, 0.2) is 36.9 Å². The minimum absolute atomic E-state index is 0.414. The lowest BCUT2D eigenvalue weighted by Crippen LogP contribution is -2.16. The van der Waals surface area contributed by atoms with Crippen molar-refractivity contribution in [3.63, 3.8) is 0 Å². The highest BCUT2D eigenvalue weighted by Gasteiger charge is 2.24. The molecule has 0 fully saturated rings. The van der Waals surface area contributed by atoms with Crippen LogP contribution in [0.1, 0.15) is 15.9 Å². The van der Waals surface area contributed by atoms with Crippen molar-refractivity contribution in [1.82, 2.24) is 0 Å². The highest BCUT2D eigenvalue weighted by Crippen LogP contribution is 2.35. The molecule has 0 N–H and O–H groups in total. The SMILES string of the molecule is C=CCc1ccccc1C(=O)OC(Br)(Br)Br. The van der Waals surface area contributed by atoms with E-state index in [0.717, 1.165) is 5.56 Å². The summed E-state index contributed by atoms with van der Waals surface area (Å²) in [5, 5.41) is 0. The number of ether oxygens (including phenoxy) is 1. The van der Waals surface area contributed by atoms with Gasteiger partial charge in [0.1, 0.15) is 0 Å². The monoisotopic (exact) mass is 410 g/mol. The molecule has 0 amide bonds. The summed E-state index contributed by atoms with van der Waals surface area (Å²) in [5.74, 6) is -0.414. The lowest BCUT2D eigenvalue weighted by atomic mass is 10.1. The fourth-order valence-electron chi connectivity index (χ4n) is 1.21. The van der Waals surface area contributed by atoms with E-state index >= 15 is 0 Å². The molecule has 1 aromatic carbocycles. The molecule has 0 saturated heterocycles. The van der Waals surface area contributed by atoms with Gasteiger partial charge in [-0.15, -0.1) is 6.58 Å². The molecule has 0 heterocycles. The third kappa shape index (κ3) is 4.39. The zero-order valence-electron chi connectivity index (χ0n) is 8.25. The van der Waals surface area contributed by atoms with E-state index in [0.29, 0.717) is 12.0 Å². The molecule has 0 atom stereocenters. The van der Waals surface area contributed by atoms with Crippen molar-refractivity contribution in [2.75, 3.05) is 0 Å². The maximum Gasteiger partial charge on any atom is 0.341 e. The minimum atomic E-state index is -1.02. The van der Waals surface area contributed by atoms with Gasteiger partial charge in [0.05, 0.1) is 5.56 Å². The van der Waals surface area contributed by atoms with Gasteiger partial charge in [0.15, 0.2) is 0 Å². The van der Waals surface area contributed by atoms with Gasteiger partial charge >= 0.3 is 5.97 Å². The Bertz CT molecular complexity index is 396. The van der Waals surface area contributed by atoms with Crippen molar-refractivity contribution < 1.29 is 9.53 Å². The molecule has 0 radical (unpaired) electrons. The Morgan fingerprint density at radius 2 is 2.00 bits per heavy atom. The van der Waals surface area contributed by atoms with Crippen molar-refractivity contribution in [2.45, 2.75) is 8.75 Å². The van der Waals surface area contributed by atoms with E-state index in [1.807, 2.05) is 12.1 Å². The first kappa shape index (κ1) is 13.9. The molecular formula is C11H9Br3O2. The highest BCUT2D eigenvalue weighted by molar-refractivity contribution is 9.39. The molecule has 86 valence electrons. The fourth-order valence-corrected chi connectivity index (χ4v) is 1.65. The molecule has 0 aliphatic carbocycles. The summed E-state index contributed by atoms with van der Waals surface area (Å²) >= 11 is 9.33. The molecule has 1 rings (SSSR count). The van der Waals surface area contributed by atoms with Crippen molar-refractivity contribution in [2.24, 2.45) is 0 Å². The van der Waals surface area contributed by atoms with E-state index < -0.39 is 8.30 Å². The second kappa shape index (κ2) is 5.98. The first-order valence-electron chi connectivity index (χ1n) is 4.43. The fraction of sp³-hybridized carbons (Fsp3) is 0.182. The van der Waals surface area contributed by atoms with Crippen LogP contribution in [0.5, 0.6) is 0 Å². The van der Waals surface area contributed by atoms with Crippen LogP contribution in [-0.2, 0) is 11.2 Å². The molecule has 16 heavy (non-hydrogen) atoms. The summed E-state index contributed by atoms with van der Waals surface area (Å²) in [7, 11) is 0. The lowest BCUT2D eigenvalue weighted by molar-refractivity contribution is 0.0536. The van der Waals surface area contributed by atoms with E-state index in [4.69, 9.17) is 4.74 Å². The predicted octanol–water partition coefficient (Wildman–Crippen LogP) is 4.37. The van der Waals surface area contributed by atoms with Gasteiger partial charge in [0, 0.05) is 0 Å². The zero-order chi connectivity index (χ0) is 12.2. The average molecular weight is 413 g/mol. The van der Waals surface area contributed by atoms with Crippen LogP contribution in [0.25, 0.3) is 0 Å². The Balaban J connectivity index is 2.94. The van der Waals surface area contributed by atoms with Gasteiger partial charge in [0.25, 0.3) is 2.33 Å². The maximum absolute atomic E-state index is 11.8. The van der Waals surface area contributed by atoms with Gasteiger partial charge in [-0.25, -0.2) is 4.79 Å². The molecule has 0 aliphatic rings. The first-order valence-corrected chi connectivity index (χ1v) is 6.81. The van der Waals surface area contributed by atoms with E-state index in [1.54, 1.807) is 18.2 Å². The minimum Gasteiger partial charge on any atom is -0.423 e. The number of hydrogen-bond acceptors (Lipinski definition) is 2. The van der Waals surface area contributed by atoms with E-state index in [9.17, 15) is 4.79 Å². The second-order valence-corrected chi connectivity index (χ2v) is 9.53. The third-order valence-corrected chi connectivity index (χ3v) is 2.30. The standard InChI is InChI=1S/C11H9Br3O2/c1-2-5-8-6-3-4-7-9(8)10(15)16-11(12,13)14/h2-4,6-7H,1,5H2. The predicted molar refractivity (Wildman–Crippen MR) is 75.3 cm³/mol. The van der Waals surface area contributed by atoms with Gasteiger partial charge in [-0.3, -0.25) is 0 Å². The normalized spacial score (nSPS) is 10.9. The lowest BCUT2D eigenvalue weighted by Gasteiger charge is -2.14. The van der Waals surface area contributed by atoms with Gasteiger partial charge in [-0.05, 0) is 65.8 Å². The number of benzene rings is 1. The van der Waals surface area contributed by atoms with Gasteiger partial charge in [-0.1, -0.05) is 24.3 Å². The van der Waals surface area contributed by atoms with Crippen LogP contribution in [0.2, 0.25) is 0 Å². The Kier molecular flexibility index (Phi) is 5.21. The largest absolute Gasteiger partial charge is 0.423 e.